The Morgan fingerprint density at radius 3 is 2.48 bits per heavy atom. The Morgan fingerprint density at radius 1 is 0.975 bits per heavy atom. The molecule has 0 atom stereocenters. The number of hydrogen-bond donors (Lipinski definition) is 2. The topological polar surface area (TPSA) is 101 Å². The number of thioether (sulfide) groups is 1. The number of nitrogens with zero attached hydrogens (tertiary/aromatic N) is 2. The van der Waals surface area contributed by atoms with Gasteiger partial charge in [0.15, 0.2) is 0 Å². The van der Waals surface area contributed by atoms with E-state index < -0.39 is 29.4 Å². The van der Waals surface area contributed by atoms with E-state index in [-0.39, 0.29) is 17.4 Å². The van der Waals surface area contributed by atoms with Gasteiger partial charge < -0.3 is 15.2 Å². The van der Waals surface area contributed by atoms with E-state index >= 15 is 0 Å². The van der Waals surface area contributed by atoms with Crippen LogP contribution in [0.5, 0.6) is 0 Å². The van der Waals surface area contributed by atoms with Crippen LogP contribution in [0.1, 0.15) is 11.1 Å². The highest BCUT2D eigenvalue weighted by molar-refractivity contribution is 8.18. The number of carbonyl (C=O) groups excluding carboxylic acids is 4. The van der Waals surface area contributed by atoms with Crippen molar-refractivity contribution < 1.29 is 23.6 Å². The second-order valence-electron chi connectivity index (χ2n) is 9.06. The lowest BCUT2D eigenvalue weighted by Gasteiger charge is -2.13. The van der Waals surface area contributed by atoms with E-state index in [4.69, 9.17) is 11.6 Å². The van der Waals surface area contributed by atoms with E-state index in [1.54, 1.807) is 42.0 Å². The first kappa shape index (κ1) is 27.2. The average molecular weight is 577 g/mol. The first-order valence-electron chi connectivity index (χ1n) is 12.1. The van der Waals surface area contributed by atoms with Gasteiger partial charge in [0.1, 0.15) is 18.9 Å². The summed E-state index contributed by atoms with van der Waals surface area (Å²) in [4.78, 5) is 52.1. The Bertz CT molecular complexity index is 1700. The summed E-state index contributed by atoms with van der Waals surface area (Å²) in [6.45, 7) is 1.33. The van der Waals surface area contributed by atoms with Crippen molar-refractivity contribution in [3.8, 4) is 0 Å². The molecule has 40 heavy (non-hydrogen) atoms. The van der Waals surface area contributed by atoms with Gasteiger partial charge in [-0.25, -0.2) is 4.39 Å². The molecule has 1 aliphatic heterocycles. The maximum atomic E-state index is 13.2. The maximum absolute atomic E-state index is 13.2. The van der Waals surface area contributed by atoms with Crippen LogP contribution in [0.25, 0.3) is 17.0 Å². The second kappa shape index (κ2) is 11.4. The lowest BCUT2D eigenvalue weighted by molar-refractivity contribution is -0.127. The van der Waals surface area contributed by atoms with E-state index in [2.05, 4.69) is 10.6 Å². The van der Waals surface area contributed by atoms with Crippen molar-refractivity contribution in [3.63, 3.8) is 0 Å². The third-order valence-electron chi connectivity index (χ3n) is 6.20. The molecule has 0 radical (unpaired) electrons. The number of benzene rings is 3. The molecule has 4 aromatic rings. The van der Waals surface area contributed by atoms with E-state index in [9.17, 15) is 23.6 Å². The summed E-state index contributed by atoms with van der Waals surface area (Å²) < 4.78 is 14.9. The molecule has 8 nitrogen and oxygen atoms in total. The first-order chi connectivity index (χ1) is 19.2. The fourth-order valence-corrected chi connectivity index (χ4v) is 5.25. The molecule has 1 aromatic heterocycles. The fourth-order valence-electron chi connectivity index (χ4n) is 4.25. The number of rotatable bonds is 7. The number of hydrogen-bond acceptors (Lipinski definition) is 5. The number of fused-ring (bicyclic) bond motifs is 1. The first-order valence-corrected chi connectivity index (χ1v) is 13.3. The summed E-state index contributed by atoms with van der Waals surface area (Å²) in [5, 5.41) is 6.08. The van der Waals surface area contributed by atoms with Gasteiger partial charge in [-0.2, -0.15) is 0 Å². The lowest BCUT2D eigenvalue weighted by Crippen LogP contribution is -2.36. The lowest BCUT2D eigenvalue weighted by atomic mass is 10.1. The van der Waals surface area contributed by atoms with Crippen LogP contribution in [0.3, 0.4) is 0 Å². The molecule has 0 unspecified atom stereocenters. The maximum Gasteiger partial charge on any atom is 0.294 e. The van der Waals surface area contributed by atoms with Gasteiger partial charge in [-0.05, 0) is 72.8 Å². The van der Waals surface area contributed by atoms with Crippen molar-refractivity contribution in [2.24, 2.45) is 0 Å². The summed E-state index contributed by atoms with van der Waals surface area (Å²) >= 11 is 6.75. The molecule has 1 fully saturated rings. The third kappa shape index (κ3) is 5.93. The van der Waals surface area contributed by atoms with Crippen molar-refractivity contribution >= 4 is 74.7 Å². The number of imide groups is 1. The highest BCUT2D eigenvalue weighted by atomic mass is 35.5. The molecule has 202 valence electrons. The van der Waals surface area contributed by atoms with Crippen molar-refractivity contribution in [1.82, 2.24) is 9.47 Å². The van der Waals surface area contributed by atoms with E-state index in [0.717, 1.165) is 33.1 Å². The molecule has 0 bridgehead atoms. The van der Waals surface area contributed by atoms with E-state index in [1.165, 1.54) is 24.3 Å². The van der Waals surface area contributed by atoms with Crippen LogP contribution in [0, 0.1) is 12.7 Å². The second-order valence-corrected chi connectivity index (χ2v) is 10.5. The molecule has 0 saturated carbocycles. The van der Waals surface area contributed by atoms with Crippen molar-refractivity contribution in [2.75, 3.05) is 17.2 Å². The van der Waals surface area contributed by atoms with Gasteiger partial charge in [-0.3, -0.25) is 24.1 Å². The van der Waals surface area contributed by atoms with Gasteiger partial charge in [0, 0.05) is 39.1 Å². The summed E-state index contributed by atoms with van der Waals surface area (Å²) in [5.41, 5.74) is 3.13. The Kier molecular flexibility index (Phi) is 7.72. The summed E-state index contributed by atoms with van der Waals surface area (Å²) in [5.74, 6) is -1.84. The Labute approximate surface area is 237 Å². The Morgan fingerprint density at radius 2 is 1.70 bits per heavy atom. The van der Waals surface area contributed by atoms with Gasteiger partial charge in [0.25, 0.3) is 11.1 Å². The zero-order valence-corrected chi connectivity index (χ0v) is 22.7. The minimum Gasteiger partial charge on any atom is -0.337 e. The van der Waals surface area contributed by atoms with Crippen molar-refractivity contribution in [1.29, 1.82) is 0 Å². The molecule has 3 aromatic carbocycles. The highest BCUT2D eigenvalue weighted by Crippen LogP contribution is 2.34. The molecule has 0 aliphatic carbocycles. The molecule has 2 heterocycles. The zero-order valence-electron chi connectivity index (χ0n) is 21.1. The van der Waals surface area contributed by atoms with E-state index in [1.807, 2.05) is 24.3 Å². The number of carbonyl (C=O) groups is 4. The quantitative estimate of drug-likeness (QED) is 0.261. The minimum atomic E-state index is -0.584. The molecule has 2 N–H and O–H groups in total. The molecule has 5 rings (SSSR count). The third-order valence-corrected chi connectivity index (χ3v) is 7.34. The Balaban J connectivity index is 1.33. The molecule has 1 saturated heterocycles. The van der Waals surface area contributed by atoms with Crippen LogP contribution in [-0.2, 0) is 20.9 Å². The average Bonchev–Trinajstić information content (AvgIpc) is 3.39. The van der Waals surface area contributed by atoms with E-state index in [0.29, 0.717) is 22.0 Å². The van der Waals surface area contributed by atoms with Crippen LogP contribution in [0.2, 0.25) is 5.02 Å². The van der Waals surface area contributed by atoms with Gasteiger partial charge in [-0.1, -0.05) is 35.9 Å². The minimum absolute atomic E-state index is 0.0314. The van der Waals surface area contributed by atoms with Gasteiger partial charge in [0.2, 0.25) is 11.8 Å². The molecular weight excluding hydrogens is 555 g/mol. The standard InChI is InChI=1S/C29H22ClFN4O4S/c1-17-6-7-19(30)13-23(17)33-27(37)16-35-28(38)25(40-29(35)39)12-18-14-34(24-5-3-2-4-22(18)24)15-26(36)32-21-10-8-20(31)9-11-21/h2-14H,15-16H2,1H3,(H,32,36)(H,33,37)/b25-12-. The van der Waals surface area contributed by atoms with Gasteiger partial charge >= 0.3 is 0 Å². The number of aryl methyl sites for hydroxylation is 1. The van der Waals surface area contributed by atoms with Crippen LogP contribution in [-0.4, -0.2) is 39.0 Å². The zero-order chi connectivity index (χ0) is 28.4. The number of halogens is 2. The normalized spacial score (nSPS) is 14.3. The molecule has 0 spiro atoms. The van der Waals surface area contributed by atoms with Crippen LogP contribution in [0.4, 0.5) is 20.6 Å². The summed E-state index contributed by atoms with van der Waals surface area (Å²) in [6, 6.07) is 17.8. The van der Waals surface area contributed by atoms with Crippen molar-refractivity contribution in [3.05, 3.63) is 99.8 Å². The van der Waals surface area contributed by atoms with Gasteiger partial charge in [-0.15, -0.1) is 0 Å². The fraction of sp³-hybridized carbons (Fsp3) is 0.103. The largest absolute Gasteiger partial charge is 0.337 e. The summed E-state index contributed by atoms with van der Waals surface area (Å²) in [7, 11) is 0. The number of amides is 4. The number of anilines is 2. The highest BCUT2D eigenvalue weighted by Gasteiger charge is 2.36. The smallest absolute Gasteiger partial charge is 0.294 e. The monoisotopic (exact) mass is 576 g/mol. The van der Waals surface area contributed by atoms with Crippen LogP contribution < -0.4 is 10.6 Å². The van der Waals surface area contributed by atoms with Crippen molar-refractivity contribution in [2.45, 2.75) is 13.5 Å². The van der Waals surface area contributed by atoms with Crippen LogP contribution >= 0.6 is 23.4 Å². The predicted octanol–water partition coefficient (Wildman–Crippen LogP) is 6.06. The number of nitrogens with one attached hydrogen (secondary N) is 2. The predicted molar refractivity (Wildman–Crippen MR) is 154 cm³/mol. The Hall–Kier alpha value is -4.41. The molecule has 4 amide bonds. The summed E-state index contributed by atoms with van der Waals surface area (Å²) in [6.07, 6.45) is 3.30. The number of para-hydroxylation sites is 1. The molecule has 1 aliphatic rings. The molecule has 11 heteroatoms. The SMILES string of the molecule is Cc1ccc(Cl)cc1NC(=O)CN1C(=O)S/C(=C\c2cn(CC(=O)Nc3ccc(F)cc3)c3ccccc23)C1=O. The van der Waals surface area contributed by atoms with Gasteiger partial charge in [0.05, 0.1) is 4.91 Å². The van der Waals surface area contributed by atoms with Crippen LogP contribution in [0.15, 0.2) is 77.8 Å². The molecular formula is C29H22ClFN4O4S. The number of aromatic nitrogens is 1.